The number of nitro groups is 2. The van der Waals surface area contributed by atoms with Gasteiger partial charge in [0, 0.05) is 34.6 Å². The Morgan fingerprint density at radius 3 is 2.55 bits per heavy atom. The van der Waals surface area contributed by atoms with E-state index in [2.05, 4.69) is 21.2 Å². The number of non-ortho nitro benzene ring substituents is 1. The molecule has 0 unspecified atom stereocenters. The fourth-order valence-corrected chi connectivity index (χ4v) is 2.63. The molecule has 0 amide bonds. The van der Waals surface area contributed by atoms with Crippen molar-refractivity contribution in [3.63, 3.8) is 0 Å². The lowest BCUT2D eigenvalue weighted by atomic mass is 10.2. The van der Waals surface area contributed by atoms with Gasteiger partial charge in [-0.2, -0.15) is 0 Å². The van der Waals surface area contributed by atoms with Crippen LogP contribution >= 0.6 is 27.3 Å². The molecule has 1 aromatic carbocycles. The number of halogens is 1. The first kappa shape index (κ1) is 14.4. The number of anilines is 1. The summed E-state index contributed by atoms with van der Waals surface area (Å²) in [5, 5.41) is 26.0. The van der Waals surface area contributed by atoms with E-state index in [1.165, 1.54) is 18.2 Å². The normalized spacial score (nSPS) is 10.2. The lowest BCUT2D eigenvalue weighted by Gasteiger charge is -2.07. The average Bonchev–Trinajstić information content (AvgIpc) is 2.86. The number of benzene rings is 1. The van der Waals surface area contributed by atoms with Crippen molar-refractivity contribution in [1.82, 2.24) is 0 Å². The first-order valence-corrected chi connectivity index (χ1v) is 7.04. The Bertz CT molecular complexity index is 673. The second-order valence-corrected chi connectivity index (χ2v) is 5.57. The first-order valence-electron chi connectivity index (χ1n) is 5.37. The maximum atomic E-state index is 10.7. The largest absolute Gasteiger partial charge is 0.380 e. The predicted molar refractivity (Wildman–Crippen MR) is 79.1 cm³/mol. The van der Waals surface area contributed by atoms with E-state index in [9.17, 15) is 20.2 Å². The molecule has 0 aliphatic carbocycles. The summed E-state index contributed by atoms with van der Waals surface area (Å²) in [6, 6.07) is 5.86. The molecule has 0 atom stereocenters. The molecule has 0 spiro atoms. The molecule has 2 aromatic rings. The quantitative estimate of drug-likeness (QED) is 0.645. The van der Waals surface area contributed by atoms with Gasteiger partial charge in [0.25, 0.3) is 5.69 Å². The number of rotatable bonds is 5. The average molecular weight is 358 g/mol. The molecule has 2 rings (SSSR count). The summed E-state index contributed by atoms with van der Waals surface area (Å²) >= 11 is 4.34. The highest BCUT2D eigenvalue weighted by molar-refractivity contribution is 9.10. The van der Waals surface area contributed by atoms with Crippen LogP contribution in [0.3, 0.4) is 0 Å². The predicted octanol–water partition coefficient (Wildman–Crippen LogP) is 3.94. The van der Waals surface area contributed by atoms with Gasteiger partial charge in [0.05, 0.1) is 15.5 Å². The number of nitrogens with zero attached hydrogens (tertiary/aromatic N) is 2. The fraction of sp³-hybridized carbons (Fsp3) is 0.0909. The number of thiophene rings is 1. The Morgan fingerprint density at radius 2 is 1.95 bits per heavy atom. The molecular formula is C11H8BrN3O4S. The van der Waals surface area contributed by atoms with Crippen molar-refractivity contribution in [3.05, 3.63) is 59.9 Å². The van der Waals surface area contributed by atoms with Crippen molar-refractivity contribution >= 4 is 43.6 Å². The minimum Gasteiger partial charge on any atom is -0.380 e. The fourth-order valence-electron chi connectivity index (χ4n) is 1.51. The van der Waals surface area contributed by atoms with E-state index in [1.54, 1.807) is 11.4 Å². The van der Waals surface area contributed by atoms with Crippen molar-refractivity contribution in [2.75, 3.05) is 5.32 Å². The van der Waals surface area contributed by atoms with Crippen LogP contribution in [-0.2, 0) is 6.54 Å². The smallest absolute Gasteiger partial charge is 0.324 e. The van der Waals surface area contributed by atoms with E-state index in [-0.39, 0.29) is 10.7 Å². The van der Waals surface area contributed by atoms with E-state index < -0.39 is 9.85 Å². The highest BCUT2D eigenvalue weighted by atomic mass is 79.9. The van der Waals surface area contributed by atoms with Gasteiger partial charge in [0.1, 0.15) is 0 Å². The summed E-state index contributed by atoms with van der Waals surface area (Å²) in [4.78, 5) is 20.4. The lowest BCUT2D eigenvalue weighted by molar-refractivity contribution is -0.384. The second-order valence-electron chi connectivity index (χ2n) is 3.83. The Hall–Kier alpha value is -2.00. The van der Waals surface area contributed by atoms with Crippen LogP contribution in [0.5, 0.6) is 0 Å². The molecule has 1 N–H and O–H groups in total. The van der Waals surface area contributed by atoms with Crippen LogP contribution in [0.2, 0.25) is 0 Å². The molecule has 0 aliphatic heterocycles. The van der Waals surface area contributed by atoms with E-state index in [1.807, 2.05) is 0 Å². The van der Waals surface area contributed by atoms with Crippen LogP contribution in [0.15, 0.2) is 34.1 Å². The Kier molecular flexibility index (Phi) is 4.30. The molecule has 1 aromatic heterocycles. The zero-order valence-electron chi connectivity index (χ0n) is 9.91. The maximum absolute atomic E-state index is 10.7. The Balaban J connectivity index is 2.11. The molecule has 0 bridgehead atoms. The summed E-state index contributed by atoms with van der Waals surface area (Å²) < 4.78 is 0.688. The van der Waals surface area contributed by atoms with Gasteiger partial charge in [0.15, 0.2) is 0 Å². The van der Waals surface area contributed by atoms with Crippen molar-refractivity contribution in [2.45, 2.75) is 6.54 Å². The van der Waals surface area contributed by atoms with Gasteiger partial charge >= 0.3 is 5.00 Å². The highest BCUT2D eigenvalue weighted by Crippen LogP contribution is 2.28. The van der Waals surface area contributed by atoms with Crippen LogP contribution in [-0.4, -0.2) is 9.85 Å². The van der Waals surface area contributed by atoms with E-state index in [0.29, 0.717) is 16.7 Å². The summed E-state index contributed by atoms with van der Waals surface area (Å²) in [5.41, 5.74) is 1.29. The van der Waals surface area contributed by atoms with Gasteiger partial charge in [-0.3, -0.25) is 20.2 Å². The third-order valence-corrected chi connectivity index (χ3v) is 4.08. The molecule has 0 saturated heterocycles. The summed E-state index contributed by atoms with van der Waals surface area (Å²) in [7, 11) is 0. The van der Waals surface area contributed by atoms with Crippen molar-refractivity contribution in [1.29, 1.82) is 0 Å². The van der Waals surface area contributed by atoms with Crippen molar-refractivity contribution in [2.24, 2.45) is 0 Å². The van der Waals surface area contributed by atoms with Crippen LogP contribution < -0.4 is 5.32 Å². The number of nitrogens with one attached hydrogen (secondary N) is 1. The van der Waals surface area contributed by atoms with E-state index >= 15 is 0 Å². The molecule has 20 heavy (non-hydrogen) atoms. The second kappa shape index (κ2) is 5.97. The van der Waals surface area contributed by atoms with Crippen molar-refractivity contribution in [3.8, 4) is 0 Å². The van der Waals surface area contributed by atoms with Gasteiger partial charge in [-0.25, -0.2) is 0 Å². The number of hydrogen-bond acceptors (Lipinski definition) is 6. The lowest BCUT2D eigenvalue weighted by Crippen LogP contribution is -2.00. The van der Waals surface area contributed by atoms with Gasteiger partial charge in [0.2, 0.25) is 0 Å². The molecule has 0 saturated carbocycles. The standard InChI is InChI=1S/C11H8BrN3O4S/c12-9-2-1-8(14(16)17)4-10(9)13-5-7-3-11(15(18)19)20-6-7/h1-4,6,13H,5H2. The molecule has 1 heterocycles. The molecule has 7 nitrogen and oxygen atoms in total. The number of hydrogen-bond donors (Lipinski definition) is 1. The number of nitro benzene ring substituents is 1. The van der Waals surface area contributed by atoms with Crippen LogP contribution in [0, 0.1) is 20.2 Å². The molecule has 0 fully saturated rings. The Labute approximate surface area is 125 Å². The van der Waals surface area contributed by atoms with Crippen LogP contribution in [0.25, 0.3) is 0 Å². The topological polar surface area (TPSA) is 98.3 Å². The Morgan fingerprint density at radius 1 is 1.20 bits per heavy atom. The minimum atomic E-state index is -0.479. The van der Waals surface area contributed by atoms with Crippen LogP contribution in [0.1, 0.15) is 5.56 Å². The van der Waals surface area contributed by atoms with Gasteiger partial charge < -0.3 is 5.32 Å². The summed E-state index contributed by atoms with van der Waals surface area (Å²) in [6.07, 6.45) is 0. The third kappa shape index (κ3) is 3.31. The van der Waals surface area contributed by atoms with Crippen molar-refractivity contribution < 1.29 is 9.85 Å². The van der Waals surface area contributed by atoms with Gasteiger partial charge in [-0.1, -0.05) is 11.3 Å². The van der Waals surface area contributed by atoms with E-state index in [4.69, 9.17) is 0 Å². The SMILES string of the molecule is O=[N+]([O-])c1ccc(Br)c(NCc2csc([N+](=O)[O-])c2)c1. The molecular weight excluding hydrogens is 350 g/mol. The van der Waals surface area contributed by atoms with Crippen LogP contribution in [0.4, 0.5) is 16.4 Å². The molecule has 9 heteroatoms. The zero-order chi connectivity index (χ0) is 14.7. The first-order chi connectivity index (χ1) is 9.47. The maximum Gasteiger partial charge on any atom is 0.324 e. The van der Waals surface area contributed by atoms with Gasteiger partial charge in [-0.15, -0.1) is 0 Å². The molecule has 0 aliphatic rings. The molecule has 0 radical (unpaired) electrons. The third-order valence-electron chi connectivity index (χ3n) is 2.46. The summed E-state index contributed by atoms with van der Waals surface area (Å²) in [6.45, 7) is 0.351. The monoisotopic (exact) mass is 357 g/mol. The zero-order valence-corrected chi connectivity index (χ0v) is 12.3. The summed E-state index contributed by atoms with van der Waals surface area (Å²) in [5.74, 6) is 0. The van der Waals surface area contributed by atoms with Gasteiger partial charge in [-0.05, 0) is 27.6 Å². The highest BCUT2D eigenvalue weighted by Gasteiger charge is 2.12. The van der Waals surface area contributed by atoms with E-state index in [0.717, 1.165) is 16.9 Å². The minimum absolute atomic E-state index is 0.0213. The molecule has 104 valence electrons.